The van der Waals surface area contributed by atoms with Crippen LogP contribution in [0, 0.1) is 3.57 Å². The van der Waals surface area contributed by atoms with Crippen LogP contribution in [0.15, 0.2) is 54.6 Å². The van der Waals surface area contributed by atoms with Crippen LogP contribution in [0.4, 0.5) is 0 Å². The number of amides is 1. The van der Waals surface area contributed by atoms with Gasteiger partial charge < -0.3 is 9.80 Å². The van der Waals surface area contributed by atoms with Crippen LogP contribution in [0.3, 0.4) is 0 Å². The zero-order valence-electron chi connectivity index (χ0n) is 13.0. The lowest BCUT2D eigenvalue weighted by molar-refractivity contribution is 0.0732. The van der Waals surface area contributed by atoms with E-state index in [1.807, 2.05) is 61.5 Å². The van der Waals surface area contributed by atoms with Crippen molar-refractivity contribution < 1.29 is 4.79 Å². The van der Waals surface area contributed by atoms with Crippen LogP contribution in [0.1, 0.15) is 15.9 Å². The van der Waals surface area contributed by atoms with Gasteiger partial charge in [-0.25, -0.2) is 0 Å². The first-order chi connectivity index (χ1) is 10.6. The molecule has 0 saturated heterocycles. The molecule has 0 bridgehead atoms. The van der Waals surface area contributed by atoms with Crippen molar-refractivity contribution in [3.05, 3.63) is 69.3 Å². The minimum absolute atomic E-state index is 0.0853. The zero-order valence-corrected chi connectivity index (χ0v) is 15.2. The molecule has 0 aromatic heterocycles. The molecular formula is C18H21IN2O. The summed E-state index contributed by atoms with van der Waals surface area (Å²) >= 11 is 2.25. The van der Waals surface area contributed by atoms with Crippen molar-refractivity contribution in [2.45, 2.75) is 6.54 Å². The lowest BCUT2D eigenvalue weighted by Crippen LogP contribution is -2.36. The number of hydrogen-bond acceptors (Lipinski definition) is 2. The van der Waals surface area contributed by atoms with Gasteiger partial charge in [-0.1, -0.05) is 30.3 Å². The van der Waals surface area contributed by atoms with Gasteiger partial charge in [0.2, 0.25) is 0 Å². The molecule has 1 amide bonds. The summed E-state index contributed by atoms with van der Waals surface area (Å²) in [7, 11) is 4.05. The second-order valence-corrected chi connectivity index (χ2v) is 6.77. The number of carbonyl (C=O) groups excluding carboxylic acids is 1. The molecule has 0 unspecified atom stereocenters. The first-order valence-electron chi connectivity index (χ1n) is 7.30. The Labute approximate surface area is 146 Å². The largest absolute Gasteiger partial charge is 0.333 e. The predicted octanol–water partition coefficient (Wildman–Crippen LogP) is 3.50. The van der Waals surface area contributed by atoms with E-state index in [4.69, 9.17) is 0 Å². The van der Waals surface area contributed by atoms with Crippen LogP contribution in [-0.2, 0) is 6.54 Å². The minimum Gasteiger partial charge on any atom is -0.333 e. The van der Waals surface area contributed by atoms with E-state index in [9.17, 15) is 4.79 Å². The fourth-order valence-electron chi connectivity index (χ4n) is 2.15. The van der Waals surface area contributed by atoms with Crippen molar-refractivity contribution in [3.8, 4) is 0 Å². The lowest BCUT2D eigenvalue weighted by atomic mass is 10.1. The molecule has 0 fully saturated rings. The van der Waals surface area contributed by atoms with Gasteiger partial charge in [-0.05, 0) is 66.5 Å². The standard InChI is InChI=1S/C18H21IN2O/c1-20(2)12-13-21(14-15-6-4-3-5-7-15)18(22)16-8-10-17(19)11-9-16/h3-11H,12-14H2,1-2H3. The van der Waals surface area contributed by atoms with E-state index < -0.39 is 0 Å². The first-order valence-corrected chi connectivity index (χ1v) is 8.37. The van der Waals surface area contributed by atoms with Gasteiger partial charge in [-0.2, -0.15) is 0 Å². The highest BCUT2D eigenvalue weighted by atomic mass is 127. The second kappa shape index (κ2) is 8.29. The Morgan fingerprint density at radius 1 is 0.955 bits per heavy atom. The molecule has 0 aliphatic rings. The van der Waals surface area contributed by atoms with E-state index in [1.54, 1.807) is 0 Å². The molecule has 116 valence electrons. The van der Waals surface area contributed by atoms with E-state index in [-0.39, 0.29) is 5.91 Å². The van der Waals surface area contributed by atoms with Gasteiger partial charge in [0.1, 0.15) is 0 Å². The van der Waals surface area contributed by atoms with Crippen molar-refractivity contribution in [2.24, 2.45) is 0 Å². The lowest BCUT2D eigenvalue weighted by Gasteiger charge is -2.24. The van der Waals surface area contributed by atoms with Crippen LogP contribution in [0.5, 0.6) is 0 Å². The molecule has 0 aliphatic heterocycles. The molecule has 0 radical (unpaired) electrons. The highest BCUT2D eigenvalue weighted by molar-refractivity contribution is 14.1. The Morgan fingerprint density at radius 3 is 2.18 bits per heavy atom. The topological polar surface area (TPSA) is 23.6 Å². The number of halogens is 1. The third-order valence-corrected chi connectivity index (χ3v) is 4.13. The molecule has 2 aromatic rings. The molecule has 4 heteroatoms. The van der Waals surface area contributed by atoms with Crippen LogP contribution in [-0.4, -0.2) is 42.9 Å². The first kappa shape index (κ1) is 17.0. The third kappa shape index (κ3) is 5.10. The number of nitrogens with zero attached hydrogens (tertiary/aromatic N) is 2. The maximum Gasteiger partial charge on any atom is 0.254 e. The van der Waals surface area contributed by atoms with Crippen LogP contribution >= 0.6 is 22.6 Å². The van der Waals surface area contributed by atoms with E-state index in [2.05, 4.69) is 39.6 Å². The van der Waals surface area contributed by atoms with Gasteiger partial charge in [0.05, 0.1) is 0 Å². The van der Waals surface area contributed by atoms with Gasteiger partial charge >= 0.3 is 0 Å². The molecule has 3 nitrogen and oxygen atoms in total. The van der Waals surface area contributed by atoms with E-state index in [0.29, 0.717) is 13.1 Å². The van der Waals surface area contributed by atoms with Crippen molar-refractivity contribution in [3.63, 3.8) is 0 Å². The molecule has 22 heavy (non-hydrogen) atoms. The summed E-state index contributed by atoms with van der Waals surface area (Å²) in [6.45, 7) is 2.20. The Kier molecular flexibility index (Phi) is 6.39. The third-order valence-electron chi connectivity index (χ3n) is 3.41. The molecule has 0 saturated carbocycles. The van der Waals surface area contributed by atoms with Crippen LogP contribution < -0.4 is 0 Å². The summed E-state index contributed by atoms with van der Waals surface area (Å²) in [5.74, 6) is 0.0853. The Hall–Kier alpha value is -1.40. The zero-order chi connectivity index (χ0) is 15.9. The van der Waals surface area contributed by atoms with Gasteiger partial charge in [-0.15, -0.1) is 0 Å². The van der Waals surface area contributed by atoms with Crippen molar-refractivity contribution in [1.29, 1.82) is 0 Å². The van der Waals surface area contributed by atoms with Gasteiger partial charge in [0.15, 0.2) is 0 Å². The average Bonchev–Trinajstić information content (AvgIpc) is 2.52. The number of benzene rings is 2. The maximum absolute atomic E-state index is 12.8. The summed E-state index contributed by atoms with van der Waals surface area (Å²) in [5.41, 5.74) is 1.90. The maximum atomic E-state index is 12.8. The summed E-state index contributed by atoms with van der Waals surface area (Å²) in [6.07, 6.45) is 0. The molecule has 2 aromatic carbocycles. The molecule has 0 N–H and O–H groups in total. The van der Waals surface area contributed by atoms with Crippen molar-refractivity contribution >= 4 is 28.5 Å². The van der Waals surface area contributed by atoms with Gasteiger partial charge in [0.25, 0.3) is 5.91 Å². The van der Waals surface area contributed by atoms with Gasteiger partial charge in [0, 0.05) is 28.8 Å². The van der Waals surface area contributed by atoms with Crippen LogP contribution in [0.2, 0.25) is 0 Å². The summed E-state index contributed by atoms with van der Waals surface area (Å²) in [6, 6.07) is 17.9. The minimum atomic E-state index is 0.0853. The molecule has 0 heterocycles. The normalized spacial score (nSPS) is 10.7. The number of likely N-dealkylation sites (N-methyl/N-ethyl adjacent to an activating group) is 1. The SMILES string of the molecule is CN(C)CCN(Cc1ccccc1)C(=O)c1ccc(I)cc1. The summed E-state index contributed by atoms with van der Waals surface area (Å²) < 4.78 is 1.14. The smallest absolute Gasteiger partial charge is 0.254 e. The molecule has 2 rings (SSSR count). The molecule has 0 atom stereocenters. The fourth-order valence-corrected chi connectivity index (χ4v) is 2.51. The summed E-state index contributed by atoms with van der Waals surface area (Å²) in [5, 5.41) is 0. The van der Waals surface area contributed by atoms with Crippen molar-refractivity contribution in [2.75, 3.05) is 27.2 Å². The van der Waals surface area contributed by atoms with E-state index >= 15 is 0 Å². The quantitative estimate of drug-likeness (QED) is 0.684. The number of hydrogen-bond donors (Lipinski definition) is 0. The highest BCUT2D eigenvalue weighted by Gasteiger charge is 2.16. The van der Waals surface area contributed by atoms with E-state index in [0.717, 1.165) is 21.2 Å². The Morgan fingerprint density at radius 2 is 1.59 bits per heavy atom. The molecule has 0 spiro atoms. The number of rotatable bonds is 6. The van der Waals surface area contributed by atoms with E-state index in [1.165, 1.54) is 0 Å². The Balaban J connectivity index is 2.15. The van der Waals surface area contributed by atoms with Gasteiger partial charge in [-0.3, -0.25) is 4.79 Å². The highest BCUT2D eigenvalue weighted by Crippen LogP contribution is 2.12. The van der Waals surface area contributed by atoms with Crippen molar-refractivity contribution in [1.82, 2.24) is 9.80 Å². The second-order valence-electron chi connectivity index (χ2n) is 5.52. The molecular weight excluding hydrogens is 387 g/mol. The Bertz CT molecular complexity index is 596. The average molecular weight is 408 g/mol. The number of carbonyl (C=O) groups is 1. The predicted molar refractivity (Wildman–Crippen MR) is 98.9 cm³/mol. The molecule has 0 aliphatic carbocycles. The van der Waals surface area contributed by atoms with Crippen LogP contribution in [0.25, 0.3) is 0 Å². The monoisotopic (exact) mass is 408 g/mol. The fraction of sp³-hybridized carbons (Fsp3) is 0.278. The summed E-state index contributed by atoms with van der Waals surface area (Å²) in [4.78, 5) is 16.8.